The number of aryl methyl sites for hydroxylation is 1. The Morgan fingerprint density at radius 1 is 1.24 bits per heavy atom. The number of nitrogen functional groups attached to an aromatic ring is 1. The van der Waals surface area contributed by atoms with Crippen LogP contribution >= 0.6 is 0 Å². The molecule has 1 heterocycles. The Balaban J connectivity index is 2.06. The van der Waals surface area contributed by atoms with Gasteiger partial charge in [0.1, 0.15) is 0 Å². The molecule has 0 saturated heterocycles. The first-order chi connectivity index (χ1) is 9.99. The van der Waals surface area contributed by atoms with Crippen LogP contribution in [0.1, 0.15) is 6.42 Å². The van der Waals surface area contributed by atoms with Gasteiger partial charge < -0.3 is 15.6 Å². The largest absolute Gasteiger partial charge is 0.397 e. The molecule has 0 bridgehead atoms. The molecule has 0 radical (unpaired) electrons. The minimum absolute atomic E-state index is 0.00743. The van der Waals surface area contributed by atoms with Crippen LogP contribution in [0.15, 0.2) is 46.1 Å². The van der Waals surface area contributed by atoms with E-state index in [4.69, 9.17) is 5.73 Å². The second-order valence-corrected chi connectivity index (χ2v) is 4.58. The normalized spacial score (nSPS) is 10.3. The molecule has 2 aromatic rings. The van der Waals surface area contributed by atoms with Crippen molar-refractivity contribution in [2.45, 2.75) is 13.0 Å². The van der Waals surface area contributed by atoms with Crippen molar-refractivity contribution in [2.24, 2.45) is 7.05 Å². The summed E-state index contributed by atoms with van der Waals surface area (Å²) in [6, 6.07) is 8.16. The standard InChI is InChI=1S/C14H16N4O3/c1-17-8-7-13(20)18(14(17)21)9-6-12(19)16-11-5-3-2-4-10(11)15/h2-5,7-8H,6,9,15H2,1H3,(H,16,19). The zero-order valence-corrected chi connectivity index (χ0v) is 11.6. The number of benzene rings is 1. The monoisotopic (exact) mass is 288 g/mol. The van der Waals surface area contributed by atoms with E-state index in [-0.39, 0.29) is 18.9 Å². The molecular formula is C14H16N4O3. The van der Waals surface area contributed by atoms with Crippen LogP contribution in [0, 0.1) is 0 Å². The highest BCUT2D eigenvalue weighted by Gasteiger charge is 2.08. The summed E-state index contributed by atoms with van der Waals surface area (Å²) in [7, 11) is 1.54. The van der Waals surface area contributed by atoms with Gasteiger partial charge >= 0.3 is 5.69 Å². The average molecular weight is 288 g/mol. The zero-order chi connectivity index (χ0) is 15.4. The van der Waals surface area contributed by atoms with Crippen molar-refractivity contribution in [1.82, 2.24) is 9.13 Å². The Morgan fingerprint density at radius 2 is 1.95 bits per heavy atom. The van der Waals surface area contributed by atoms with E-state index in [1.807, 2.05) is 0 Å². The summed E-state index contributed by atoms with van der Waals surface area (Å²) in [5.41, 5.74) is 5.81. The van der Waals surface area contributed by atoms with Crippen LogP contribution in [0.3, 0.4) is 0 Å². The summed E-state index contributed by atoms with van der Waals surface area (Å²) in [6.07, 6.45) is 1.40. The smallest absolute Gasteiger partial charge is 0.330 e. The van der Waals surface area contributed by atoms with E-state index in [0.29, 0.717) is 11.4 Å². The van der Waals surface area contributed by atoms with E-state index >= 15 is 0 Å². The SMILES string of the molecule is Cn1ccc(=O)n(CCC(=O)Nc2ccccc2N)c1=O. The fourth-order valence-corrected chi connectivity index (χ4v) is 1.86. The van der Waals surface area contributed by atoms with Gasteiger partial charge in [0.15, 0.2) is 0 Å². The third-order valence-corrected chi connectivity index (χ3v) is 3.04. The number of carbonyl (C=O) groups is 1. The molecule has 7 heteroatoms. The van der Waals surface area contributed by atoms with E-state index in [1.54, 1.807) is 31.3 Å². The van der Waals surface area contributed by atoms with E-state index in [2.05, 4.69) is 5.32 Å². The number of nitrogens with two attached hydrogens (primary N) is 1. The Bertz CT molecular complexity index is 776. The Labute approximate surface area is 120 Å². The molecule has 110 valence electrons. The van der Waals surface area contributed by atoms with Gasteiger partial charge in [-0.3, -0.25) is 14.2 Å². The van der Waals surface area contributed by atoms with Crippen LogP contribution < -0.4 is 22.3 Å². The first-order valence-electron chi connectivity index (χ1n) is 6.40. The fourth-order valence-electron chi connectivity index (χ4n) is 1.86. The topological polar surface area (TPSA) is 99.1 Å². The van der Waals surface area contributed by atoms with Crippen LogP contribution in [-0.4, -0.2) is 15.0 Å². The third-order valence-electron chi connectivity index (χ3n) is 3.04. The molecule has 0 saturated carbocycles. The highest BCUT2D eigenvalue weighted by Crippen LogP contribution is 2.16. The molecule has 3 N–H and O–H groups in total. The maximum absolute atomic E-state index is 11.9. The summed E-state index contributed by atoms with van der Waals surface area (Å²) >= 11 is 0. The van der Waals surface area contributed by atoms with Crippen molar-refractivity contribution in [1.29, 1.82) is 0 Å². The maximum atomic E-state index is 11.9. The number of nitrogens with one attached hydrogen (secondary N) is 1. The zero-order valence-electron chi connectivity index (χ0n) is 11.6. The van der Waals surface area contributed by atoms with Crippen molar-refractivity contribution in [3.63, 3.8) is 0 Å². The van der Waals surface area contributed by atoms with E-state index in [9.17, 15) is 14.4 Å². The number of carbonyl (C=O) groups excluding carboxylic acids is 1. The first kappa shape index (κ1) is 14.6. The van der Waals surface area contributed by atoms with Crippen molar-refractivity contribution in [3.05, 3.63) is 57.4 Å². The molecule has 0 unspecified atom stereocenters. The molecule has 0 aliphatic rings. The molecule has 1 aromatic carbocycles. The number of amides is 1. The molecule has 2 rings (SSSR count). The van der Waals surface area contributed by atoms with Crippen molar-refractivity contribution in [2.75, 3.05) is 11.1 Å². The predicted molar refractivity (Wildman–Crippen MR) is 80.0 cm³/mol. The number of aromatic nitrogens is 2. The molecule has 21 heavy (non-hydrogen) atoms. The van der Waals surface area contributed by atoms with Crippen LogP contribution in [-0.2, 0) is 18.4 Å². The first-order valence-corrected chi connectivity index (χ1v) is 6.40. The van der Waals surface area contributed by atoms with Gasteiger partial charge in [0.2, 0.25) is 5.91 Å². The van der Waals surface area contributed by atoms with Gasteiger partial charge in [-0.05, 0) is 12.1 Å². The third kappa shape index (κ3) is 3.38. The fraction of sp³-hybridized carbons (Fsp3) is 0.214. The Hall–Kier alpha value is -2.83. The maximum Gasteiger partial charge on any atom is 0.330 e. The second-order valence-electron chi connectivity index (χ2n) is 4.58. The van der Waals surface area contributed by atoms with Gasteiger partial charge in [-0.25, -0.2) is 4.79 Å². The van der Waals surface area contributed by atoms with Crippen LogP contribution in [0.5, 0.6) is 0 Å². The number of nitrogens with zero attached hydrogens (tertiary/aromatic N) is 2. The van der Waals surface area contributed by atoms with Gasteiger partial charge in [0.05, 0.1) is 11.4 Å². The van der Waals surface area contributed by atoms with Gasteiger partial charge in [0.25, 0.3) is 5.56 Å². The van der Waals surface area contributed by atoms with Crippen molar-refractivity contribution in [3.8, 4) is 0 Å². The van der Waals surface area contributed by atoms with Crippen molar-refractivity contribution >= 4 is 17.3 Å². The molecule has 0 aliphatic carbocycles. The molecule has 0 spiro atoms. The molecule has 0 fully saturated rings. The Morgan fingerprint density at radius 3 is 2.67 bits per heavy atom. The van der Waals surface area contributed by atoms with Gasteiger partial charge in [-0.15, -0.1) is 0 Å². The quantitative estimate of drug-likeness (QED) is 0.783. The van der Waals surface area contributed by atoms with E-state index < -0.39 is 11.2 Å². The molecule has 0 aliphatic heterocycles. The number of rotatable bonds is 4. The Kier molecular flexibility index (Phi) is 4.22. The number of hydrogen-bond acceptors (Lipinski definition) is 4. The lowest BCUT2D eigenvalue weighted by Crippen LogP contribution is -2.38. The van der Waals surface area contributed by atoms with Gasteiger partial charge in [0, 0.05) is 32.3 Å². The summed E-state index contributed by atoms with van der Waals surface area (Å²) in [6.45, 7) is 0.0188. The van der Waals surface area contributed by atoms with E-state index in [0.717, 1.165) is 4.57 Å². The minimum atomic E-state index is -0.450. The van der Waals surface area contributed by atoms with Gasteiger partial charge in [-0.2, -0.15) is 0 Å². The number of anilines is 2. The highest BCUT2D eigenvalue weighted by molar-refractivity contribution is 5.93. The van der Waals surface area contributed by atoms with Crippen LogP contribution in [0.2, 0.25) is 0 Å². The predicted octanol–water partition coefficient (Wildman–Crippen LogP) is 0.158. The average Bonchev–Trinajstić information content (AvgIpc) is 2.45. The van der Waals surface area contributed by atoms with Crippen molar-refractivity contribution < 1.29 is 4.79 Å². The lowest BCUT2D eigenvalue weighted by atomic mass is 10.2. The van der Waals surface area contributed by atoms with Gasteiger partial charge in [-0.1, -0.05) is 12.1 Å². The lowest BCUT2D eigenvalue weighted by Gasteiger charge is -2.09. The summed E-state index contributed by atoms with van der Waals surface area (Å²) in [4.78, 5) is 35.3. The number of hydrogen-bond donors (Lipinski definition) is 2. The summed E-state index contributed by atoms with van der Waals surface area (Å²) in [5.74, 6) is -0.314. The molecule has 7 nitrogen and oxygen atoms in total. The van der Waals surface area contributed by atoms with Crippen LogP contribution in [0.4, 0.5) is 11.4 Å². The van der Waals surface area contributed by atoms with E-state index in [1.165, 1.54) is 16.8 Å². The molecule has 1 aromatic heterocycles. The highest BCUT2D eigenvalue weighted by atomic mass is 16.2. The molecule has 0 atom stereocenters. The van der Waals surface area contributed by atoms with Crippen LogP contribution in [0.25, 0.3) is 0 Å². The summed E-state index contributed by atoms with van der Waals surface area (Å²) < 4.78 is 2.31. The summed E-state index contributed by atoms with van der Waals surface area (Å²) in [5, 5.41) is 2.65. The second kappa shape index (κ2) is 6.08. The lowest BCUT2D eigenvalue weighted by molar-refractivity contribution is -0.116. The minimum Gasteiger partial charge on any atom is -0.397 e. The molecule has 1 amide bonds. The number of para-hydroxylation sites is 2. The molecular weight excluding hydrogens is 272 g/mol.